The van der Waals surface area contributed by atoms with Crippen LogP contribution in [0.15, 0.2) is 28.7 Å². The molecule has 4 N–H and O–H groups in total. The molecule has 0 aromatic carbocycles. The van der Waals surface area contributed by atoms with Crippen LogP contribution in [0.5, 0.6) is 0 Å². The number of aliphatic hydroxyl groups excluding tert-OH is 2. The molecular formula is C30H40Ac2O10S. The molecule has 1 saturated heterocycles. The summed E-state index contributed by atoms with van der Waals surface area (Å²) >= 11 is 1.39. The zero-order valence-corrected chi connectivity index (χ0v) is 35.7. The molecule has 1 aromatic rings. The van der Waals surface area contributed by atoms with Gasteiger partial charge in [0.1, 0.15) is 29.5 Å². The Hall–Kier alpha value is 0.733. The van der Waals surface area contributed by atoms with Gasteiger partial charge in [-0.1, -0.05) is 33.8 Å². The molecule has 13 heteroatoms. The molecule has 10 atom stereocenters. The van der Waals surface area contributed by atoms with Gasteiger partial charge in [0.2, 0.25) is 0 Å². The van der Waals surface area contributed by atoms with Gasteiger partial charge < -0.3 is 34.6 Å². The Labute approximate surface area is 327 Å². The maximum absolute atomic E-state index is 14.2. The first-order valence-corrected chi connectivity index (χ1v) is 15.0. The van der Waals surface area contributed by atoms with E-state index in [9.17, 15) is 34.8 Å². The third kappa shape index (κ3) is 5.89. The predicted molar refractivity (Wildman–Crippen MR) is 147 cm³/mol. The second-order valence-electron chi connectivity index (χ2n) is 13.0. The van der Waals surface area contributed by atoms with E-state index in [1.54, 1.807) is 40.7 Å². The van der Waals surface area contributed by atoms with Crippen molar-refractivity contribution >= 4 is 29.1 Å². The third-order valence-electron chi connectivity index (χ3n) is 10.5. The molecule has 43 heavy (non-hydrogen) atoms. The summed E-state index contributed by atoms with van der Waals surface area (Å²) in [5, 5.41) is 48.9. The largest absolute Gasteiger partial charge is 0.459 e. The van der Waals surface area contributed by atoms with Crippen molar-refractivity contribution < 1.29 is 137 Å². The molecule has 5 rings (SSSR count). The fraction of sp³-hybridized carbons (Fsp3) is 0.700. The number of hydrogen-bond acceptors (Lipinski definition) is 11. The first-order valence-electron chi connectivity index (χ1n) is 14.1. The molecule has 2 heterocycles. The number of rotatable bonds is 5. The SMILES string of the molecule is CC(=O)O[C@H]1[C@@H]2[C@]3(O)CO[C@@H]3CC[C@@]2(C)C(=O)[C@H](O)C2=C(C)[C@@H](OC(=O)[C@H](O)[C@@H](C)c3cccs3)C[C@]1(O)C2(C)C.[Ac].[Ac]. The number of esters is 2. The second kappa shape index (κ2) is 13.3. The fourth-order valence-electron chi connectivity index (χ4n) is 7.94. The minimum absolute atomic E-state index is 0. The zero-order chi connectivity index (χ0) is 30.3. The van der Waals surface area contributed by atoms with Crippen molar-refractivity contribution in [3.63, 3.8) is 0 Å². The zero-order valence-electron chi connectivity index (χ0n) is 25.4. The molecule has 3 aliphatic carbocycles. The van der Waals surface area contributed by atoms with E-state index in [-0.39, 0.29) is 113 Å². The van der Waals surface area contributed by atoms with Crippen molar-refractivity contribution in [1.29, 1.82) is 0 Å². The van der Waals surface area contributed by atoms with Crippen molar-refractivity contribution in [3.8, 4) is 0 Å². The smallest absolute Gasteiger partial charge is 0.336 e. The van der Waals surface area contributed by atoms with Crippen molar-refractivity contribution in [2.24, 2.45) is 16.7 Å². The molecule has 2 radical (unpaired) electrons. The molecule has 232 valence electrons. The van der Waals surface area contributed by atoms with Gasteiger partial charge in [-0.2, -0.15) is 0 Å². The average Bonchev–Trinajstić information content (AvgIpc) is 3.43. The molecule has 0 spiro atoms. The van der Waals surface area contributed by atoms with E-state index in [0.717, 1.165) is 4.88 Å². The summed E-state index contributed by atoms with van der Waals surface area (Å²) in [4.78, 5) is 40.8. The average molecular weight is 1050 g/mol. The van der Waals surface area contributed by atoms with E-state index < -0.39 is 82.1 Å². The molecule has 0 amide bonds. The summed E-state index contributed by atoms with van der Waals surface area (Å²) in [5.41, 5.74) is -5.75. The number of thiophene rings is 1. The molecule has 10 nitrogen and oxygen atoms in total. The number of ketones is 1. The second-order valence-corrected chi connectivity index (χ2v) is 14.0. The summed E-state index contributed by atoms with van der Waals surface area (Å²) in [6, 6.07) is 3.62. The van der Waals surface area contributed by atoms with E-state index in [0.29, 0.717) is 12.0 Å². The van der Waals surface area contributed by atoms with Crippen molar-refractivity contribution in [2.45, 2.75) is 108 Å². The van der Waals surface area contributed by atoms with Gasteiger partial charge >= 0.3 is 11.9 Å². The molecule has 2 saturated carbocycles. The molecule has 4 aliphatic rings. The van der Waals surface area contributed by atoms with Crippen LogP contribution >= 0.6 is 11.3 Å². The van der Waals surface area contributed by atoms with Crippen LogP contribution in [0.3, 0.4) is 0 Å². The summed E-state index contributed by atoms with van der Waals surface area (Å²) in [7, 11) is 0. The van der Waals surface area contributed by atoms with E-state index in [1.165, 1.54) is 18.3 Å². The Morgan fingerprint density at radius 2 is 1.81 bits per heavy atom. The van der Waals surface area contributed by atoms with E-state index in [4.69, 9.17) is 14.2 Å². The normalized spacial score (nSPS) is 39.2. The topological polar surface area (TPSA) is 160 Å². The minimum Gasteiger partial charge on any atom is -0.459 e. The van der Waals surface area contributed by atoms with Crippen LogP contribution in [0, 0.1) is 105 Å². The first kappa shape index (κ1) is 38.2. The van der Waals surface area contributed by atoms with Crippen molar-refractivity contribution in [3.05, 3.63) is 33.5 Å². The van der Waals surface area contributed by atoms with Gasteiger partial charge in [0, 0.05) is 129 Å². The van der Waals surface area contributed by atoms with Gasteiger partial charge in [-0.15, -0.1) is 11.3 Å². The molecule has 3 fully saturated rings. The Morgan fingerprint density at radius 3 is 2.35 bits per heavy atom. The maximum Gasteiger partial charge on any atom is 0.336 e. The fourth-order valence-corrected chi connectivity index (χ4v) is 8.75. The monoisotopic (exact) mass is 1050 g/mol. The summed E-state index contributed by atoms with van der Waals surface area (Å²) < 4.78 is 17.3. The molecular weight excluding hydrogens is 1010 g/mol. The van der Waals surface area contributed by atoms with E-state index in [1.807, 2.05) is 11.4 Å². The van der Waals surface area contributed by atoms with Crippen LogP contribution < -0.4 is 0 Å². The van der Waals surface area contributed by atoms with Crippen LogP contribution in [-0.2, 0) is 28.6 Å². The summed E-state index contributed by atoms with van der Waals surface area (Å²) in [6.45, 7) is 9.33. The van der Waals surface area contributed by atoms with Crippen LogP contribution in [0.25, 0.3) is 0 Å². The number of carbonyl (C=O) groups is 3. The van der Waals surface area contributed by atoms with Crippen LogP contribution in [0.4, 0.5) is 0 Å². The standard InChI is InChI=1S/C30H40O10S.2Ac/c1-14-17(40-26(35)21(32)15(2)18-8-7-11-41-18)12-30(37)25(39-16(3)31)23-28(6,10-9-19-29(23,36)13-38-19)24(34)22(33)20(14)27(30,4)5;;/h7-8,11,15,17,19,21-23,25,32-33,36-37H,9-10,12-13H2,1-6H3;;/t15-,17-,19+,21+,22+,23-,25-,28+,29-,30+;;/m0../s1. The van der Waals surface area contributed by atoms with Crippen LogP contribution in [-0.4, -0.2) is 86.5 Å². The number of hydrogen-bond donors (Lipinski definition) is 4. The number of aliphatic hydroxyl groups is 4. The maximum atomic E-state index is 14.2. The van der Waals surface area contributed by atoms with E-state index in [2.05, 4.69) is 0 Å². The summed E-state index contributed by atoms with van der Waals surface area (Å²) in [6.07, 6.45) is -6.04. The van der Waals surface area contributed by atoms with Gasteiger partial charge in [-0.25, -0.2) is 4.79 Å². The third-order valence-corrected chi connectivity index (χ3v) is 11.6. The van der Waals surface area contributed by atoms with Gasteiger partial charge in [-0.05, 0) is 42.4 Å². The van der Waals surface area contributed by atoms with E-state index >= 15 is 0 Å². The van der Waals surface area contributed by atoms with Crippen LogP contribution in [0.2, 0.25) is 0 Å². The van der Waals surface area contributed by atoms with Crippen molar-refractivity contribution in [2.75, 3.05) is 6.61 Å². The minimum atomic E-state index is -2.00. The Morgan fingerprint density at radius 1 is 1.16 bits per heavy atom. The van der Waals surface area contributed by atoms with Gasteiger partial charge in [0.15, 0.2) is 11.9 Å². The molecule has 1 aromatic heterocycles. The Kier molecular flexibility index (Phi) is 11.8. The van der Waals surface area contributed by atoms with Gasteiger partial charge in [-0.3, -0.25) is 9.59 Å². The predicted octanol–water partition coefficient (Wildman–Crippen LogP) is 2.02. The number of Topliss-reactive ketones (excluding diaryl/α,β-unsaturated/α-hetero) is 1. The Balaban J connectivity index is 0.00000253. The molecule has 2 bridgehead atoms. The Bertz CT molecular complexity index is 1280. The summed E-state index contributed by atoms with van der Waals surface area (Å²) in [5.74, 6) is -3.88. The quantitative estimate of drug-likeness (QED) is 0.254. The van der Waals surface area contributed by atoms with Gasteiger partial charge in [0.05, 0.1) is 12.7 Å². The van der Waals surface area contributed by atoms with Crippen LogP contribution in [0.1, 0.15) is 71.6 Å². The molecule has 0 unspecified atom stereocenters. The van der Waals surface area contributed by atoms with Gasteiger partial charge in [0.25, 0.3) is 0 Å². The number of fused-ring (bicyclic) bond motifs is 5. The number of ether oxygens (including phenoxy) is 3. The first-order chi connectivity index (χ1) is 19.0. The molecule has 1 aliphatic heterocycles. The number of carbonyl (C=O) groups excluding carboxylic acids is 3. The van der Waals surface area contributed by atoms with Crippen molar-refractivity contribution in [1.82, 2.24) is 0 Å².